The summed E-state index contributed by atoms with van der Waals surface area (Å²) in [7, 11) is 0. The van der Waals surface area contributed by atoms with E-state index in [0.29, 0.717) is 24.9 Å². The van der Waals surface area contributed by atoms with Crippen molar-refractivity contribution in [3.05, 3.63) is 88.1 Å². The van der Waals surface area contributed by atoms with Crippen LogP contribution in [0.5, 0.6) is 0 Å². The Bertz CT molecular complexity index is 1250. The van der Waals surface area contributed by atoms with Crippen molar-refractivity contribution in [1.29, 1.82) is 0 Å². The molecule has 0 unspecified atom stereocenters. The molecular weight excluding hydrogens is 392 g/mol. The van der Waals surface area contributed by atoms with Crippen molar-refractivity contribution >= 4 is 28.2 Å². The van der Waals surface area contributed by atoms with E-state index in [1.807, 2.05) is 18.2 Å². The number of aromatic amines is 1. The van der Waals surface area contributed by atoms with Gasteiger partial charge in [-0.2, -0.15) is 0 Å². The molecule has 1 amide bonds. The van der Waals surface area contributed by atoms with Crippen molar-refractivity contribution in [1.82, 2.24) is 9.97 Å². The third-order valence-electron chi connectivity index (χ3n) is 5.15. The molecule has 7 nitrogen and oxygen atoms in total. The van der Waals surface area contributed by atoms with Gasteiger partial charge in [0.15, 0.2) is 0 Å². The molecule has 0 bridgehead atoms. The molecule has 0 aliphatic rings. The minimum absolute atomic E-state index is 0.0491. The molecule has 2 aromatic heterocycles. The van der Waals surface area contributed by atoms with E-state index in [4.69, 9.17) is 0 Å². The van der Waals surface area contributed by atoms with E-state index < -0.39 is 4.92 Å². The molecule has 0 fully saturated rings. The number of nitrogens with zero attached hydrogens (tertiary/aromatic N) is 2. The summed E-state index contributed by atoms with van der Waals surface area (Å²) in [6, 6.07) is 18.0. The molecule has 0 spiro atoms. The molecule has 0 aliphatic heterocycles. The second-order valence-corrected chi connectivity index (χ2v) is 7.45. The molecule has 7 heteroatoms. The number of non-ortho nitro benzene ring substituents is 1. The molecule has 0 radical (unpaired) electrons. The first-order chi connectivity index (χ1) is 15.0. The maximum Gasteiger partial charge on any atom is 0.271 e. The molecular formula is C24H22N4O3. The van der Waals surface area contributed by atoms with E-state index in [9.17, 15) is 14.9 Å². The standard InChI is InChI=1S/C24H22N4O3/c1-16-11-12-21-20(14-16)19(24(27-21)22-9-2-3-13-25-22)8-5-10-23(29)26-17-6-4-7-18(15-17)28(30)31/h2-4,6-7,9,11-15,27H,5,8,10H2,1H3,(H,26,29). The molecule has 2 aromatic carbocycles. The Morgan fingerprint density at radius 3 is 2.77 bits per heavy atom. The number of pyridine rings is 1. The fourth-order valence-corrected chi connectivity index (χ4v) is 3.70. The van der Waals surface area contributed by atoms with E-state index in [1.54, 1.807) is 18.3 Å². The maximum atomic E-state index is 12.4. The van der Waals surface area contributed by atoms with Gasteiger partial charge in [-0.05, 0) is 55.7 Å². The molecule has 0 saturated heterocycles. The number of anilines is 1. The molecule has 2 heterocycles. The van der Waals surface area contributed by atoms with Crippen LogP contribution < -0.4 is 5.32 Å². The number of hydrogen-bond donors (Lipinski definition) is 2. The first-order valence-corrected chi connectivity index (χ1v) is 10.1. The summed E-state index contributed by atoms with van der Waals surface area (Å²) < 4.78 is 0. The van der Waals surface area contributed by atoms with Crippen LogP contribution in [0.25, 0.3) is 22.3 Å². The van der Waals surface area contributed by atoms with Crippen molar-refractivity contribution in [3.8, 4) is 11.4 Å². The zero-order chi connectivity index (χ0) is 21.8. The van der Waals surface area contributed by atoms with Crippen LogP contribution >= 0.6 is 0 Å². The van der Waals surface area contributed by atoms with Crippen LogP contribution in [0.4, 0.5) is 11.4 Å². The number of carbonyl (C=O) groups is 1. The van der Waals surface area contributed by atoms with Gasteiger partial charge in [0.25, 0.3) is 5.69 Å². The first-order valence-electron chi connectivity index (χ1n) is 10.1. The number of hydrogen-bond acceptors (Lipinski definition) is 4. The summed E-state index contributed by atoms with van der Waals surface area (Å²) in [6.07, 6.45) is 3.42. The molecule has 0 aliphatic carbocycles. The third-order valence-corrected chi connectivity index (χ3v) is 5.15. The lowest BCUT2D eigenvalue weighted by atomic mass is 10.0. The molecule has 0 atom stereocenters. The largest absolute Gasteiger partial charge is 0.353 e. The van der Waals surface area contributed by atoms with Gasteiger partial charge in [-0.15, -0.1) is 0 Å². The zero-order valence-electron chi connectivity index (χ0n) is 17.1. The summed E-state index contributed by atoms with van der Waals surface area (Å²) in [4.78, 5) is 30.8. The minimum Gasteiger partial charge on any atom is -0.353 e. The molecule has 156 valence electrons. The number of nitro benzene ring substituents is 1. The van der Waals surface area contributed by atoms with Gasteiger partial charge in [0.2, 0.25) is 5.91 Å². The number of aromatic nitrogens is 2. The highest BCUT2D eigenvalue weighted by Crippen LogP contribution is 2.31. The predicted octanol–water partition coefficient (Wildman–Crippen LogP) is 5.41. The van der Waals surface area contributed by atoms with Crippen LogP contribution in [0, 0.1) is 17.0 Å². The number of nitro groups is 1. The average Bonchev–Trinajstić information content (AvgIpc) is 3.12. The minimum atomic E-state index is -0.478. The maximum absolute atomic E-state index is 12.4. The molecule has 4 rings (SSSR count). The number of aryl methyl sites for hydroxylation is 2. The normalized spacial score (nSPS) is 10.9. The Balaban J connectivity index is 1.50. The molecule has 2 N–H and O–H groups in total. The number of nitrogens with one attached hydrogen (secondary N) is 2. The van der Waals surface area contributed by atoms with Gasteiger partial charge in [0, 0.05) is 41.3 Å². The average molecular weight is 414 g/mol. The van der Waals surface area contributed by atoms with Gasteiger partial charge in [0.1, 0.15) is 0 Å². The number of H-pyrrole nitrogens is 1. The highest BCUT2D eigenvalue weighted by atomic mass is 16.6. The highest BCUT2D eigenvalue weighted by molar-refractivity contribution is 5.92. The van der Waals surface area contributed by atoms with Crippen LogP contribution in [0.15, 0.2) is 66.9 Å². The van der Waals surface area contributed by atoms with Crippen LogP contribution in [0.2, 0.25) is 0 Å². The number of amides is 1. The van der Waals surface area contributed by atoms with Gasteiger partial charge in [0.05, 0.1) is 16.3 Å². The topological polar surface area (TPSA) is 101 Å². The Hall–Kier alpha value is -4.00. The van der Waals surface area contributed by atoms with Crippen molar-refractivity contribution < 1.29 is 9.72 Å². The Morgan fingerprint density at radius 1 is 1.13 bits per heavy atom. The molecule has 31 heavy (non-hydrogen) atoms. The predicted molar refractivity (Wildman–Crippen MR) is 121 cm³/mol. The summed E-state index contributed by atoms with van der Waals surface area (Å²) in [6.45, 7) is 2.06. The van der Waals surface area contributed by atoms with Crippen LogP contribution in [-0.4, -0.2) is 20.8 Å². The van der Waals surface area contributed by atoms with Gasteiger partial charge in [-0.1, -0.05) is 23.8 Å². The van der Waals surface area contributed by atoms with E-state index in [0.717, 1.165) is 27.9 Å². The number of benzene rings is 2. The van der Waals surface area contributed by atoms with Gasteiger partial charge in [-0.3, -0.25) is 19.9 Å². The smallest absolute Gasteiger partial charge is 0.271 e. The van der Waals surface area contributed by atoms with E-state index in [2.05, 4.69) is 40.4 Å². The molecule has 4 aromatic rings. The van der Waals surface area contributed by atoms with E-state index >= 15 is 0 Å². The third kappa shape index (κ3) is 4.61. The number of fused-ring (bicyclic) bond motifs is 1. The van der Waals surface area contributed by atoms with Crippen LogP contribution in [0.3, 0.4) is 0 Å². The summed E-state index contributed by atoms with van der Waals surface area (Å²) in [5, 5.41) is 14.8. The quantitative estimate of drug-likeness (QED) is 0.312. The Morgan fingerprint density at radius 2 is 2.00 bits per heavy atom. The van der Waals surface area contributed by atoms with Crippen LogP contribution in [-0.2, 0) is 11.2 Å². The summed E-state index contributed by atoms with van der Waals surface area (Å²) in [5.41, 5.74) is 5.57. The Kier molecular flexibility index (Phi) is 5.75. The lowest BCUT2D eigenvalue weighted by molar-refractivity contribution is -0.384. The first kappa shape index (κ1) is 20.3. The van der Waals surface area contributed by atoms with E-state index in [-0.39, 0.29) is 11.6 Å². The van der Waals surface area contributed by atoms with Gasteiger partial charge < -0.3 is 10.3 Å². The van der Waals surface area contributed by atoms with Gasteiger partial charge >= 0.3 is 0 Å². The Labute approximate surface area is 179 Å². The van der Waals surface area contributed by atoms with Crippen molar-refractivity contribution in [2.75, 3.05) is 5.32 Å². The zero-order valence-corrected chi connectivity index (χ0v) is 17.1. The van der Waals surface area contributed by atoms with E-state index in [1.165, 1.54) is 17.7 Å². The summed E-state index contributed by atoms with van der Waals surface area (Å²) >= 11 is 0. The van der Waals surface area contributed by atoms with Crippen LogP contribution in [0.1, 0.15) is 24.0 Å². The second-order valence-electron chi connectivity index (χ2n) is 7.45. The lowest BCUT2D eigenvalue weighted by Crippen LogP contribution is -2.11. The number of rotatable bonds is 7. The van der Waals surface area contributed by atoms with Crippen molar-refractivity contribution in [2.45, 2.75) is 26.2 Å². The highest BCUT2D eigenvalue weighted by Gasteiger charge is 2.15. The van der Waals surface area contributed by atoms with Crippen molar-refractivity contribution in [2.24, 2.45) is 0 Å². The fraction of sp³-hybridized carbons (Fsp3) is 0.167. The van der Waals surface area contributed by atoms with Crippen molar-refractivity contribution in [3.63, 3.8) is 0 Å². The lowest BCUT2D eigenvalue weighted by Gasteiger charge is -2.07. The van der Waals surface area contributed by atoms with Gasteiger partial charge in [-0.25, -0.2) is 0 Å². The fourth-order valence-electron chi connectivity index (χ4n) is 3.70. The summed E-state index contributed by atoms with van der Waals surface area (Å²) in [5.74, 6) is -0.170. The second kappa shape index (κ2) is 8.79. The molecule has 0 saturated carbocycles. The number of carbonyl (C=O) groups excluding carboxylic acids is 1. The monoisotopic (exact) mass is 414 g/mol. The SMILES string of the molecule is Cc1ccc2[nH]c(-c3ccccn3)c(CCCC(=O)Nc3cccc([N+](=O)[O-])c3)c2c1.